The molecular formula is C16H31NO3. The quantitative estimate of drug-likeness (QED) is 0.572. The molecule has 1 unspecified atom stereocenters. The van der Waals surface area contributed by atoms with Crippen LogP contribution in [-0.4, -0.2) is 36.4 Å². The number of nitrogens with one attached hydrogen (secondary N) is 1. The molecule has 1 aliphatic carbocycles. The fourth-order valence-corrected chi connectivity index (χ4v) is 2.78. The minimum atomic E-state index is -0.790. The third-order valence-electron chi connectivity index (χ3n) is 4.28. The zero-order chi connectivity index (χ0) is 14.8. The standard InChI is InChI=1S/C16H31NO3/c1-3-11-17-16(2,15(18)19)10-6-7-12-20-13-14-8-4-5-9-14/h14,17H,3-13H2,1-2H3,(H,18,19). The van der Waals surface area contributed by atoms with Crippen molar-refractivity contribution in [3.8, 4) is 0 Å². The van der Waals surface area contributed by atoms with Gasteiger partial charge in [-0.2, -0.15) is 0 Å². The van der Waals surface area contributed by atoms with Crippen molar-refractivity contribution in [3.63, 3.8) is 0 Å². The molecule has 1 saturated carbocycles. The largest absolute Gasteiger partial charge is 0.480 e. The summed E-state index contributed by atoms with van der Waals surface area (Å²) in [5.74, 6) is 0.0170. The molecule has 118 valence electrons. The summed E-state index contributed by atoms with van der Waals surface area (Å²) in [5.41, 5.74) is -0.790. The van der Waals surface area contributed by atoms with Gasteiger partial charge < -0.3 is 15.2 Å². The summed E-state index contributed by atoms with van der Waals surface area (Å²) < 4.78 is 5.71. The van der Waals surface area contributed by atoms with Crippen LogP contribution in [0.1, 0.15) is 65.2 Å². The van der Waals surface area contributed by atoms with Crippen LogP contribution in [0.25, 0.3) is 0 Å². The molecular weight excluding hydrogens is 254 g/mol. The number of unbranched alkanes of at least 4 members (excludes halogenated alkanes) is 1. The number of aliphatic carboxylic acids is 1. The second-order valence-electron chi connectivity index (χ2n) is 6.25. The van der Waals surface area contributed by atoms with Crippen molar-refractivity contribution in [2.24, 2.45) is 5.92 Å². The zero-order valence-electron chi connectivity index (χ0n) is 13.1. The van der Waals surface area contributed by atoms with Gasteiger partial charge in [0, 0.05) is 13.2 Å². The molecule has 0 bridgehead atoms. The fourth-order valence-electron chi connectivity index (χ4n) is 2.78. The van der Waals surface area contributed by atoms with Crippen LogP contribution in [0.4, 0.5) is 0 Å². The first kappa shape index (κ1) is 17.4. The van der Waals surface area contributed by atoms with Crippen LogP contribution < -0.4 is 5.32 Å². The Morgan fingerprint density at radius 3 is 2.65 bits per heavy atom. The molecule has 0 aliphatic heterocycles. The Bertz CT molecular complexity index is 277. The van der Waals surface area contributed by atoms with Crippen molar-refractivity contribution < 1.29 is 14.6 Å². The molecule has 0 saturated heterocycles. The topological polar surface area (TPSA) is 58.6 Å². The van der Waals surface area contributed by atoms with Gasteiger partial charge >= 0.3 is 5.97 Å². The molecule has 0 heterocycles. The maximum atomic E-state index is 11.3. The molecule has 0 amide bonds. The maximum Gasteiger partial charge on any atom is 0.323 e. The monoisotopic (exact) mass is 285 g/mol. The second-order valence-corrected chi connectivity index (χ2v) is 6.25. The summed E-state index contributed by atoms with van der Waals surface area (Å²) in [6, 6.07) is 0. The van der Waals surface area contributed by atoms with E-state index < -0.39 is 11.5 Å². The molecule has 1 aliphatic rings. The van der Waals surface area contributed by atoms with Gasteiger partial charge in [0.05, 0.1) is 0 Å². The van der Waals surface area contributed by atoms with Gasteiger partial charge in [0.2, 0.25) is 0 Å². The molecule has 0 aromatic heterocycles. The highest BCUT2D eigenvalue weighted by molar-refractivity contribution is 5.78. The number of rotatable bonds is 11. The van der Waals surface area contributed by atoms with Crippen LogP contribution in [-0.2, 0) is 9.53 Å². The third kappa shape index (κ3) is 6.23. The summed E-state index contributed by atoms with van der Waals surface area (Å²) >= 11 is 0. The molecule has 1 fully saturated rings. The fraction of sp³-hybridized carbons (Fsp3) is 0.938. The Labute approximate surface area is 123 Å². The van der Waals surface area contributed by atoms with E-state index in [1.165, 1.54) is 25.7 Å². The lowest BCUT2D eigenvalue weighted by atomic mass is 9.95. The van der Waals surface area contributed by atoms with Gasteiger partial charge in [0.25, 0.3) is 0 Å². The maximum absolute atomic E-state index is 11.3. The number of ether oxygens (including phenoxy) is 1. The summed E-state index contributed by atoms with van der Waals surface area (Å²) in [5, 5.41) is 12.5. The van der Waals surface area contributed by atoms with Crippen molar-refractivity contribution in [2.75, 3.05) is 19.8 Å². The van der Waals surface area contributed by atoms with E-state index in [9.17, 15) is 9.90 Å². The third-order valence-corrected chi connectivity index (χ3v) is 4.28. The average molecular weight is 285 g/mol. The van der Waals surface area contributed by atoms with Crippen LogP contribution in [0.5, 0.6) is 0 Å². The van der Waals surface area contributed by atoms with Crippen molar-refractivity contribution >= 4 is 5.97 Å². The second kappa shape index (κ2) is 9.35. The Morgan fingerprint density at radius 2 is 2.05 bits per heavy atom. The molecule has 0 aromatic carbocycles. The highest BCUT2D eigenvalue weighted by Crippen LogP contribution is 2.24. The van der Waals surface area contributed by atoms with Crippen molar-refractivity contribution in [1.29, 1.82) is 0 Å². The Morgan fingerprint density at radius 1 is 1.35 bits per heavy atom. The Balaban J connectivity index is 2.09. The van der Waals surface area contributed by atoms with E-state index in [1.807, 2.05) is 6.92 Å². The van der Waals surface area contributed by atoms with Gasteiger partial charge in [-0.15, -0.1) is 0 Å². The molecule has 20 heavy (non-hydrogen) atoms. The van der Waals surface area contributed by atoms with E-state index in [4.69, 9.17) is 4.74 Å². The first-order valence-electron chi connectivity index (χ1n) is 8.14. The van der Waals surface area contributed by atoms with Gasteiger partial charge in [0.1, 0.15) is 5.54 Å². The van der Waals surface area contributed by atoms with E-state index in [0.717, 1.165) is 44.9 Å². The van der Waals surface area contributed by atoms with E-state index >= 15 is 0 Å². The van der Waals surface area contributed by atoms with Crippen LogP contribution in [0.15, 0.2) is 0 Å². The summed E-state index contributed by atoms with van der Waals surface area (Å²) in [7, 11) is 0. The van der Waals surface area contributed by atoms with Gasteiger partial charge in [-0.05, 0) is 57.9 Å². The molecule has 0 spiro atoms. The lowest BCUT2D eigenvalue weighted by Crippen LogP contribution is -2.49. The summed E-state index contributed by atoms with van der Waals surface area (Å²) in [4.78, 5) is 11.3. The molecule has 0 radical (unpaired) electrons. The molecule has 1 rings (SSSR count). The van der Waals surface area contributed by atoms with Crippen LogP contribution >= 0.6 is 0 Å². The minimum absolute atomic E-state index is 0.662. The lowest BCUT2D eigenvalue weighted by Gasteiger charge is -2.26. The number of hydrogen-bond acceptors (Lipinski definition) is 3. The summed E-state index contributed by atoms with van der Waals surface area (Å²) in [6.45, 7) is 6.24. The predicted molar refractivity (Wildman–Crippen MR) is 81.0 cm³/mol. The molecule has 2 N–H and O–H groups in total. The highest BCUT2D eigenvalue weighted by Gasteiger charge is 2.31. The van der Waals surface area contributed by atoms with Gasteiger partial charge in [0.15, 0.2) is 0 Å². The van der Waals surface area contributed by atoms with Crippen LogP contribution in [0.3, 0.4) is 0 Å². The molecule has 1 atom stereocenters. The number of carbonyl (C=O) groups is 1. The number of hydrogen-bond donors (Lipinski definition) is 2. The lowest BCUT2D eigenvalue weighted by molar-refractivity contribution is -0.144. The summed E-state index contributed by atoms with van der Waals surface area (Å²) in [6.07, 6.45) is 8.80. The first-order valence-corrected chi connectivity index (χ1v) is 8.14. The Kier molecular flexibility index (Phi) is 8.15. The minimum Gasteiger partial charge on any atom is -0.480 e. The first-order chi connectivity index (χ1) is 9.58. The van der Waals surface area contributed by atoms with E-state index in [1.54, 1.807) is 6.92 Å². The van der Waals surface area contributed by atoms with E-state index in [-0.39, 0.29) is 0 Å². The molecule has 4 heteroatoms. The zero-order valence-corrected chi connectivity index (χ0v) is 13.1. The van der Waals surface area contributed by atoms with E-state index in [2.05, 4.69) is 5.32 Å². The molecule has 0 aromatic rings. The van der Waals surface area contributed by atoms with Gasteiger partial charge in [-0.3, -0.25) is 4.79 Å². The van der Waals surface area contributed by atoms with Crippen LogP contribution in [0.2, 0.25) is 0 Å². The molecule has 4 nitrogen and oxygen atoms in total. The number of carboxylic acid groups (broad SMARTS) is 1. The highest BCUT2D eigenvalue weighted by atomic mass is 16.5. The normalized spacial score (nSPS) is 19.1. The van der Waals surface area contributed by atoms with Crippen molar-refractivity contribution in [2.45, 2.75) is 70.8 Å². The van der Waals surface area contributed by atoms with Gasteiger partial charge in [-0.25, -0.2) is 0 Å². The van der Waals surface area contributed by atoms with Crippen LogP contribution in [0, 0.1) is 5.92 Å². The van der Waals surface area contributed by atoms with Gasteiger partial charge in [-0.1, -0.05) is 19.8 Å². The van der Waals surface area contributed by atoms with Crippen molar-refractivity contribution in [3.05, 3.63) is 0 Å². The Hall–Kier alpha value is -0.610. The van der Waals surface area contributed by atoms with Crippen molar-refractivity contribution in [1.82, 2.24) is 5.32 Å². The van der Waals surface area contributed by atoms with E-state index in [0.29, 0.717) is 6.42 Å². The smallest absolute Gasteiger partial charge is 0.323 e. The SMILES string of the molecule is CCCNC(C)(CCCCOCC1CCCC1)C(=O)O. The number of carboxylic acids is 1. The average Bonchev–Trinajstić information content (AvgIpc) is 2.93. The predicted octanol–water partition coefficient (Wildman–Crippen LogP) is 3.21.